The normalized spacial score (nSPS) is 14.9. The van der Waals surface area contributed by atoms with Crippen LogP contribution in [0.5, 0.6) is 11.5 Å². The number of piperidine rings is 1. The average molecular weight is 604 g/mol. The molecule has 1 saturated heterocycles. The van der Waals surface area contributed by atoms with Crippen LogP contribution in [0.25, 0.3) is 0 Å². The van der Waals surface area contributed by atoms with Gasteiger partial charge in [0.2, 0.25) is 10.0 Å². The van der Waals surface area contributed by atoms with Crippen LogP contribution in [0.1, 0.15) is 46.8 Å². The van der Waals surface area contributed by atoms with Gasteiger partial charge in [-0.1, -0.05) is 41.1 Å². The van der Waals surface area contributed by atoms with Crippen LogP contribution < -0.4 is 4.74 Å². The van der Waals surface area contributed by atoms with Crippen LogP contribution in [0.3, 0.4) is 0 Å². The van der Waals surface area contributed by atoms with Crippen molar-refractivity contribution in [2.45, 2.75) is 45.1 Å². The van der Waals surface area contributed by atoms with Gasteiger partial charge in [0, 0.05) is 42.3 Å². The summed E-state index contributed by atoms with van der Waals surface area (Å²) in [6.45, 7) is 6.88. The molecule has 1 amide bonds. The van der Waals surface area contributed by atoms with Crippen LogP contribution in [0.4, 0.5) is 4.39 Å². The zero-order chi connectivity index (χ0) is 27.6. The van der Waals surface area contributed by atoms with Gasteiger partial charge >= 0.3 is 0 Å². The largest absolute Gasteiger partial charge is 0.454 e. The molecule has 0 radical (unpaired) electrons. The lowest BCUT2D eigenvalue weighted by atomic mass is 10.0. The second kappa shape index (κ2) is 11.6. The maximum Gasteiger partial charge on any atom is 0.253 e. The Labute approximate surface area is 232 Å². The van der Waals surface area contributed by atoms with E-state index in [1.807, 2.05) is 19.1 Å². The highest BCUT2D eigenvalue weighted by molar-refractivity contribution is 9.10. The molecule has 6 nitrogen and oxygen atoms in total. The highest BCUT2D eigenvalue weighted by Crippen LogP contribution is 2.31. The summed E-state index contributed by atoms with van der Waals surface area (Å²) in [6, 6.07) is 14.9. The third-order valence-corrected chi connectivity index (χ3v) is 9.59. The fourth-order valence-corrected chi connectivity index (χ4v) is 6.67. The average Bonchev–Trinajstić information content (AvgIpc) is 2.88. The molecule has 38 heavy (non-hydrogen) atoms. The fourth-order valence-electron chi connectivity index (χ4n) is 4.54. The van der Waals surface area contributed by atoms with Gasteiger partial charge in [0.25, 0.3) is 5.91 Å². The SMILES string of the molecule is Cc1cc(C(=O)N(C)Cc2ccccc2Oc2ccc(Br)cc2F)cc(S(=O)(=O)N2CCC(C)CC2)c1C. The zero-order valence-corrected chi connectivity index (χ0v) is 24.4. The first-order valence-electron chi connectivity index (χ1n) is 12.5. The first kappa shape index (κ1) is 28.3. The monoisotopic (exact) mass is 602 g/mol. The van der Waals surface area contributed by atoms with Crippen molar-refractivity contribution >= 4 is 31.9 Å². The number of aryl methyl sites for hydroxylation is 1. The Morgan fingerprint density at radius 3 is 2.45 bits per heavy atom. The first-order chi connectivity index (χ1) is 18.0. The van der Waals surface area contributed by atoms with E-state index in [4.69, 9.17) is 4.74 Å². The minimum absolute atomic E-state index is 0.0748. The summed E-state index contributed by atoms with van der Waals surface area (Å²) in [4.78, 5) is 15.2. The summed E-state index contributed by atoms with van der Waals surface area (Å²) in [6.07, 6.45) is 1.65. The number of benzene rings is 3. The molecule has 0 spiro atoms. The van der Waals surface area contributed by atoms with E-state index in [9.17, 15) is 17.6 Å². The van der Waals surface area contributed by atoms with Crippen molar-refractivity contribution in [3.05, 3.63) is 87.1 Å². The maximum absolute atomic E-state index is 14.4. The Morgan fingerprint density at radius 1 is 1.08 bits per heavy atom. The topological polar surface area (TPSA) is 66.9 Å². The number of hydrogen-bond acceptors (Lipinski definition) is 4. The number of carbonyl (C=O) groups is 1. The Kier molecular flexibility index (Phi) is 8.59. The van der Waals surface area contributed by atoms with Crippen LogP contribution in [0, 0.1) is 25.6 Å². The summed E-state index contributed by atoms with van der Waals surface area (Å²) in [5.41, 5.74) is 2.38. The minimum atomic E-state index is -3.72. The highest BCUT2D eigenvalue weighted by Gasteiger charge is 2.31. The fraction of sp³-hybridized carbons (Fsp3) is 0.345. The molecule has 0 aliphatic carbocycles. The second-order valence-electron chi connectivity index (χ2n) is 9.95. The standard InChI is InChI=1S/C29H32BrFN2O4S/c1-19-11-13-33(14-12-19)38(35,36)28-16-23(15-20(2)21(28)3)29(34)32(4)18-22-7-5-6-8-26(22)37-27-10-9-24(30)17-25(27)31/h5-10,15-17,19H,11-14,18H2,1-4H3. The molecule has 1 fully saturated rings. The van der Waals surface area contributed by atoms with E-state index in [-0.39, 0.29) is 23.1 Å². The van der Waals surface area contributed by atoms with Crippen molar-refractivity contribution < 1.29 is 22.3 Å². The number of ether oxygens (including phenoxy) is 1. The number of sulfonamides is 1. The molecule has 1 heterocycles. The molecule has 0 atom stereocenters. The van der Waals surface area contributed by atoms with Gasteiger partial charge in [-0.15, -0.1) is 0 Å². The van der Waals surface area contributed by atoms with E-state index >= 15 is 0 Å². The Morgan fingerprint density at radius 2 is 1.76 bits per heavy atom. The molecule has 3 aromatic carbocycles. The van der Waals surface area contributed by atoms with E-state index in [0.717, 1.165) is 18.4 Å². The molecule has 0 bridgehead atoms. The first-order valence-corrected chi connectivity index (χ1v) is 14.8. The van der Waals surface area contributed by atoms with Crippen molar-refractivity contribution in [1.29, 1.82) is 0 Å². The predicted octanol–water partition coefficient (Wildman–Crippen LogP) is 6.69. The number of para-hydroxylation sites is 1. The van der Waals surface area contributed by atoms with E-state index in [1.54, 1.807) is 38.2 Å². The Bertz CT molecular complexity index is 1450. The number of carbonyl (C=O) groups excluding carboxylic acids is 1. The van der Waals surface area contributed by atoms with Crippen LogP contribution >= 0.6 is 15.9 Å². The van der Waals surface area contributed by atoms with Crippen molar-refractivity contribution in [2.75, 3.05) is 20.1 Å². The summed E-state index contributed by atoms with van der Waals surface area (Å²) < 4.78 is 49.4. The third-order valence-electron chi connectivity index (χ3n) is 7.07. The summed E-state index contributed by atoms with van der Waals surface area (Å²) in [7, 11) is -2.08. The van der Waals surface area contributed by atoms with Crippen LogP contribution in [0.2, 0.25) is 0 Å². The van der Waals surface area contributed by atoms with Gasteiger partial charge in [0.05, 0.1) is 4.90 Å². The van der Waals surface area contributed by atoms with Crippen molar-refractivity contribution in [1.82, 2.24) is 9.21 Å². The molecule has 9 heteroatoms. The lowest BCUT2D eigenvalue weighted by Gasteiger charge is -2.30. The van der Waals surface area contributed by atoms with Gasteiger partial charge in [-0.2, -0.15) is 4.31 Å². The molecule has 0 unspecified atom stereocenters. The van der Waals surface area contributed by atoms with Crippen LogP contribution in [0.15, 0.2) is 64.0 Å². The summed E-state index contributed by atoms with van der Waals surface area (Å²) in [5.74, 6) is 0.173. The number of nitrogens with zero attached hydrogens (tertiary/aromatic N) is 2. The van der Waals surface area contributed by atoms with E-state index in [0.29, 0.717) is 45.9 Å². The molecule has 4 rings (SSSR count). The van der Waals surface area contributed by atoms with E-state index < -0.39 is 15.8 Å². The molecule has 0 N–H and O–H groups in total. The molecule has 202 valence electrons. The molecule has 1 aliphatic heterocycles. The van der Waals surface area contributed by atoms with Crippen molar-refractivity contribution in [3.63, 3.8) is 0 Å². The Balaban J connectivity index is 1.58. The second-order valence-corrected chi connectivity index (χ2v) is 12.8. The molecular formula is C29H32BrFN2O4S. The van der Waals surface area contributed by atoms with Crippen LogP contribution in [-0.4, -0.2) is 43.7 Å². The van der Waals surface area contributed by atoms with Crippen LogP contribution in [-0.2, 0) is 16.6 Å². The van der Waals surface area contributed by atoms with Crippen molar-refractivity contribution in [2.24, 2.45) is 5.92 Å². The van der Waals surface area contributed by atoms with E-state index in [1.165, 1.54) is 27.4 Å². The zero-order valence-electron chi connectivity index (χ0n) is 22.0. The minimum Gasteiger partial charge on any atom is -0.454 e. The Hall–Kier alpha value is -2.75. The smallest absolute Gasteiger partial charge is 0.253 e. The third kappa shape index (κ3) is 6.11. The quantitative estimate of drug-likeness (QED) is 0.302. The number of halogens is 2. The molecule has 3 aromatic rings. The van der Waals surface area contributed by atoms with Gasteiger partial charge in [0.1, 0.15) is 5.75 Å². The molecule has 0 aromatic heterocycles. The highest BCUT2D eigenvalue weighted by atomic mass is 79.9. The predicted molar refractivity (Wildman–Crippen MR) is 149 cm³/mol. The molecular weight excluding hydrogens is 571 g/mol. The number of amides is 1. The van der Waals surface area contributed by atoms with Gasteiger partial charge < -0.3 is 9.64 Å². The van der Waals surface area contributed by atoms with E-state index in [2.05, 4.69) is 22.9 Å². The van der Waals surface area contributed by atoms with Gasteiger partial charge in [-0.25, -0.2) is 12.8 Å². The lowest BCUT2D eigenvalue weighted by molar-refractivity contribution is 0.0784. The van der Waals surface area contributed by atoms with Gasteiger partial charge in [0.15, 0.2) is 11.6 Å². The van der Waals surface area contributed by atoms with Gasteiger partial charge in [-0.3, -0.25) is 4.79 Å². The number of rotatable bonds is 7. The van der Waals surface area contributed by atoms with Gasteiger partial charge in [-0.05, 0) is 80.1 Å². The lowest BCUT2D eigenvalue weighted by Crippen LogP contribution is -2.38. The molecule has 0 saturated carbocycles. The summed E-state index contributed by atoms with van der Waals surface area (Å²) >= 11 is 3.24. The molecule has 1 aliphatic rings. The summed E-state index contributed by atoms with van der Waals surface area (Å²) in [5, 5.41) is 0. The maximum atomic E-state index is 14.4. The van der Waals surface area contributed by atoms with Crippen molar-refractivity contribution in [3.8, 4) is 11.5 Å². The number of hydrogen-bond donors (Lipinski definition) is 0.